The van der Waals surface area contributed by atoms with Gasteiger partial charge in [0, 0.05) is 12.5 Å². The van der Waals surface area contributed by atoms with Gasteiger partial charge in [-0.1, -0.05) is 46.9 Å². The van der Waals surface area contributed by atoms with E-state index in [9.17, 15) is 4.79 Å². The quantitative estimate of drug-likeness (QED) is 0.694. The van der Waals surface area contributed by atoms with E-state index in [1.165, 1.54) is 12.8 Å². The topological polar surface area (TPSA) is 38.3 Å². The van der Waals surface area contributed by atoms with Crippen molar-refractivity contribution in [1.82, 2.24) is 5.32 Å². The van der Waals surface area contributed by atoms with Gasteiger partial charge in [-0.15, -0.1) is 0 Å². The summed E-state index contributed by atoms with van der Waals surface area (Å²) in [5, 5.41) is 3.16. The van der Waals surface area contributed by atoms with Crippen molar-refractivity contribution < 1.29 is 9.53 Å². The summed E-state index contributed by atoms with van der Waals surface area (Å²) in [6.45, 7) is 10.1. The molecule has 0 aromatic carbocycles. The average Bonchev–Trinajstić information content (AvgIpc) is 2.80. The zero-order chi connectivity index (χ0) is 15.2. The van der Waals surface area contributed by atoms with Gasteiger partial charge in [-0.3, -0.25) is 4.79 Å². The van der Waals surface area contributed by atoms with Crippen molar-refractivity contribution in [3.63, 3.8) is 0 Å². The number of hydrogen-bond acceptors (Lipinski definition) is 2. The van der Waals surface area contributed by atoms with Gasteiger partial charge in [0.15, 0.2) is 0 Å². The summed E-state index contributed by atoms with van der Waals surface area (Å²) in [4.78, 5) is 12.1. The van der Waals surface area contributed by atoms with Crippen molar-refractivity contribution in [2.24, 2.45) is 10.8 Å². The van der Waals surface area contributed by atoms with Crippen molar-refractivity contribution in [3.8, 4) is 0 Å². The zero-order valence-electron chi connectivity index (χ0n) is 14.1. The Bertz CT molecular complexity index is 310. The Morgan fingerprint density at radius 3 is 2.25 bits per heavy atom. The molecule has 116 valence electrons. The summed E-state index contributed by atoms with van der Waals surface area (Å²) in [6, 6.07) is 0.415. The zero-order valence-corrected chi connectivity index (χ0v) is 14.1. The molecule has 0 heterocycles. The molecule has 1 aliphatic rings. The van der Waals surface area contributed by atoms with Gasteiger partial charge in [-0.25, -0.2) is 0 Å². The van der Waals surface area contributed by atoms with Gasteiger partial charge < -0.3 is 10.1 Å². The van der Waals surface area contributed by atoms with Crippen molar-refractivity contribution in [2.45, 2.75) is 72.2 Å². The predicted molar refractivity (Wildman–Crippen MR) is 86.7 cm³/mol. The van der Waals surface area contributed by atoms with Crippen LogP contribution in [0.5, 0.6) is 0 Å². The second-order valence-electron chi connectivity index (χ2n) is 7.90. The predicted octanol–water partition coefficient (Wildman–Crippen LogP) is 2.56. The summed E-state index contributed by atoms with van der Waals surface area (Å²) in [7, 11) is 2.18. The first-order valence-corrected chi connectivity index (χ1v) is 8.11. The van der Waals surface area contributed by atoms with Crippen LogP contribution in [-0.2, 0) is 9.53 Å². The minimum Gasteiger partial charge on any atom is -0.380 e. The molecule has 1 fully saturated rings. The highest BCUT2D eigenvalue weighted by atomic mass is 16.5. The minimum atomic E-state index is -0.0908. The van der Waals surface area contributed by atoms with Gasteiger partial charge in [0.25, 0.3) is 0 Å². The number of carbonyl (C=O) groups excluding carboxylic acids is 1. The summed E-state index contributed by atoms with van der Waals surface area (Å²) in [5.41, 5.74) is 0.134. The van der Waals surface area contributed by atoms with Crippen LogP contribution in [0.4, 0.5) is 0 Å². The van der Waals surface area contributed by atoms with E-state index >= 15 is 0 Å². The maximum Gasteiger partial charge on any atom is 0.220 e. The Morgan fingerprint density at radius 1 is 1.15 bits per heavy atom. The third-order valence-electron chi connectivity index (χ3n) is 4.30. The van der Waals surface area contributed by atoms with Gasteiger partial charge in [-0.2, -0.15) is 0 Å². The van der Waals surface area contributed by atoms with Gasteiger partial charge in [0.2, 0.25) is 5.91 Å². The maximum absolute atomic E-state index is 12.1. The van der Waals surface area contributed by atoms with E-state index in [0.717, 1.165) is 25.8 Å². The van der Waals surface area contributed by atoms with Crippen LogP contribution in [0.2, 0.25) is 6.32 Å². The molecule has 20 heavy (non-hydrogen) atoms. The van der Waals surface area contributed by atoms with Gasteiger partial charge in [0.05, 0.1) is 13.2 Å². The minimum absolute atomic E-state index is 0.0908. The number of nitrogens with one attached hydrogen (secondary N) is 1. The lowest BCUT2D eigenvalue weighted by molar-refractivity contribution is -0.124. The molecule has 1 rings (SSSR count). The molecule has 0 bridgehead atoms. The Hall–Kier alpha value is -0.505. The summed E-state index contributed by atoms with van der Waals surface area (Å²) >= 11 is 0. The number of rotatable bonds is 8. The normalized spacial score (nSPS) is 17.4. The lowest BCUT2D eigenvalue weighted by atomic mass is 9.80. The first-order valence-electron chi connectivity index (χ1n) is 8.11. The number of ether oxygens (including phenoxy) is 1. The lowest BCUT2D eigenvalue weighted by Crippen LogP contribution is -2.37. The molecular formula is C16H32BNO2. The second kappa shape index (κ2) is 7.49. The number of carbonyl (C=O) groups is 1. The first kappa shape index (κ1) is 17.5. The molecule has 4 heteroatoms. The molecule has 0 aliphatic heterocycles. The van der Waals surface area contributed by atoms with E-state index in [2.05, 4.69) is 40.9 Å². The van der Waals surface area contributed by atoms with Gasteiger partial charge in [-0.05, 0) is 23.7 Å². The highest BCUT2D eigenvalue weighted by Crippen LogP contribution is 2.25. The molecular weight excluding hydrogens is 249 g/mol. The van der Waals surface area contributed by atoms with Crippen LogP contribution in [0.3, 0.4) is 0 Å². The van der Waals surface area contributed by atoms with E-state index in [-0.39, 0.29) is 16.7 Å². The summed E-state index contributed by atoms with van der Waals surface area (Å²) < 4.78 is 5.84. The Balaban J connectivity index is 2.27. The van der Waals surface area contributed by atoms with E-state index in [1.807, 2.05) is 0 Å². The molecule has 3 nitrogen and oxygen atoms in total. The Labute approximate surface area is 125 Å². The third kappa shape index (κ3) is 6.78. The van der Waals surface area contributed by atoms with Crippen molar-refractivity contribution >= 4 is 13.8 Å². The van der Waals surface area contributed by atoms with Gasteiger partial charge in [0.1, 0.15) is 7.85 Å². The molecule has 1 saturated carbocycles. The van der Waals surface area contributed by atoms with Crippen LogP contribution in [0.15, 0.2) is 0 Å². The largest absolute Gasteiger partial charge is 0.380 e. The lowest BCUT2D eigenvalue weighted by Gasteiger charge is -2.28. The standard InChI is InChI=1S/C16H32BNO2/c1-15(2,11-20-12-16(3,4)10-17)9-14(19)18-13-7-5-6-8-13/h13H,5-12,17H2,1-4H3,(H,18,19). The molecule has 0 atom stereocenters. The van der Waals surface area contributed by atoms with Crippen LogP contribution in [0.1, 0.15) is 59.8 Å². The average molecular weight is 281 g/mol. The van der Waals surface area contributed by atoms with Crippen LogP contribution >= 0.6 is 0 Å². The summed E-state index contributed by atoms with van der Waals surface area (Å²) in [5.74, 6) is 0.181. The second-order valence-corrected chi connectivity index (χ2v) is 7.90. The van der Waals surface area contributed by atoms with Crippen LogP contribution in [0, 0.1) is 10.8 Å². The molecule has 0 aromatic rings. The number of hydrogen-bond donors (Lipinski definition) is 1. The molecule has 0 radical (unpaired) electrons. The van der Waals surface area contributed by atoms with E-state index in [0.29, 0.717) is 19.1 Å². The third-order valence-corrected chi connectivity index (χ3v) is 4.30. The van der Waals surface area contributed by atoms with Crippen LogP contribution < -0.4 is 5.32 Å². The molecule has 1 amide bonds. The Morgan fingerprint density at radius 2 is 1.70 bits per heavy atom. The van der Waals surface area contributed by atoms with Gasteiger partial charge >= 0.3 is 0 Å². The number of amides is 1. The summed E-state index contributed by atoms with van der Waals surface area (Å²) in [6.07, 6.45) is 6.46. The van der Waals surface area contributed by atoms with E-state index in [1.54, 1.807) is 0 Å². The monoisotopic (exact) mass is 281 g/mol. The highest BCUT2D eigenvalue weighted by Gasteiger charge is 2.26. The fourth-order valence-corrected chi connectivity index (χ4v) is 2.54. The first-order chi connectivity index (χ1) is 9.24. The molecule has 0 spiro atoms. The van der Waals surface area contributed by atoms with E-state index < -0.39 is 0 Å². The van der Waals surface area contributed by atoms with Crippen LogP contribution in [-0.4, -0.2) is 33.0 Å². The maximum atomic E-state index is 12.1. The molecule has 0 unspecified atom stereocenters. The fourth-order valence-electron chi connectivity index (χ4n) is 2.54. The van der Waals surface area contributed by atoms with Crippen molar-refractivity contribution in [2.75, 3.05) is 13.2 Å². The molecule has 0 saturated heterocycles. The van der Waals surface area contributed by atoms with Crippen LogP contribution in [0.25, 0.3) is 0 Å². The SMILES string of the molecule is BCC(C)(C)COCC(C)(C)CC(=O)NC1CCCC1. The molecule has 1 aliphatic carbocycles. The molecule has 1 N–H and O–H groups in total. The molecule has 0 aromatic heterocycles. The van der Waals surface area contributed by atoms with E-state index in [4.69, 9.17) is 4.74 Å². The van der Waals surface area contributed by atoms with Crippen molar-refractivity contribution in [1.29, 1.82) is 0 Å². The highest BCUT2D eigenvalue weighted by molar-refractivity contribution is 6.08. The van der Waals surface area contributed by atoms with Crippen molar-refractivity contribution in [3.05, 3.63) is 0 Å². The Kier molecular flexibility index (Phi) is 6.57. The fraction of sp³-hybridized carbons (Fsp3) is 0.938. The smallest absolute Gasteiger partial charge is 0.220 e.